The Morgan fingerprint density at radius 1 is 1.27 bits per heavy atom. The average Bonchev–Trinajstić information content (AvgIpc) is 2.97. The van der Waals surface area contributed by atoms with Gasteiger partial charge in [0.2, 0.25) is 5.91 Å². The van der Waals surface area contributed by atoms with E-state index in [9.17, 15) is 13.2 Å². The number of likely N-dealkylation sites (tertiary alicyclic amines) is 1. The first-order valence-electron chi connectivity index (χ1n) is 7.02. The molecule has 0 N–H and O–H groups in total. The fraction of sp³-hybridized carbons (Fsp3) is 0.533. The molecule has 1 heterocycles. The van der Waals surface area contributed by atoms with E-state index in [-0.39, 0.29) is 18.9 Å². The molecular formula is C15H21NO5S. The molecule has 0 aliphatic carbocycles. The molecule has 0 bridgehead atoms. The van der Waals surface area contributed by atoms with Crippen LogP contribution in [0.5, 0.6) is 11.5 Å². The summed E-state index contributed by atoms with van der Waals surface area (Å²) in [6.07, 6.45) is 1.95. The van der Waals surface area contributed by atoms with Gasteiger partial charge in [-0.15, -0.1) is 0 Å². The third-order valence-electron chi connectivity index (χ3n) is 3.91. The Bertz CT molecular complexity index is 656. The minimum absolute atomic E-state index is 0.0710. The molecule has 1 unspecified atom stereocenters. The molecular weight excluding hydrogens is 306 g/mol. The summed E-state index contributed by atoms with van der Waals surface area (Å²) >= 11 is 0. The number of ether oxygens (including phenoxy) is 2. The van der Waals surface area contributed by atoms with Crippen molar-refractivity contribution in [3.63, 3.8) is 0 Å². The predicted octanol–water partition coefficient (Wildman–Crippen LogP) is 0.892. The average molecular weight is 327 g/mol. The minimum atomic E-state index is -3.09. The van der Waals surface area contributed by atoms with Crippen molar-refractivity contribution in [1.82, 2.24) is 4.90 Å². The van der Waals surface area contributed by atoms with Gasteiger partial charge in [-0.25, -0.2) is 8.42 Å². The summed E-state index contributed by atoms with van der Waals surface area (Å²) in [7, 11) is 0.00416. The molecule has 1 saturated heterocycles. The summed E-state index contributed by atoms with van der Waals surface area (Å²) < 4.78 is 33.5. The zero-order chi connectivity index (χ0) is 16.3. The zero-order valence-corrected chi connectivity index (χ0v) is 13.9. The summed E-state index contributed by atoms with van der Waals surface area (Å²) in [6, 6.07) is 5.33. The lowest BCUT2D eigenvalue weighted by Gasteiger charge is -2.17. The van der Waals surface area contributed by atoms with Gasteiger partial charge < -0.3 is 14.4 Å². The molecule has 1 atom stereocenters. The SMILES string of the molecule is COc1ccc(CC(=O)N2CCC(S(C)(=O)=O)C2)cc1OC. The molecule has 2 rings (SSSR count). The molecule has 1 aliphatic heterocycles. The third-order valence-corrected chi connectivity index (χ3v) is 5.50. The number of methoxy groups -OCH3 is 2. The number of carbonyl (C=O) groups is 1. The van der Waals surface area contributed by atoms with E-state index in [4.69, 9.17) is 9.47 Å². The standard InChI is InChI=1S/C15H21NO5S/c1-20-13-5-4-11(8-14(13)21-2)9-15(17)16-7-6-12(10-16)22(3,18)19/h4-5,8,12H,6-7,9-10H2,1-3H3. The van der Waals surface area contributed by atoms with Crippen LogP contribution in [0.4, 0.5) is 0 Å². The molecule has 1 amide bonds. The van der Waals surface area contributed by atoms with E-state index in [1.165, 1.54) is 6.26 Å². The second-order valence-corrected chi connectivity index (χ2v) is 7.77. The number of rotatable bonds is 5. The molecule has 1 aromatic rings. The summed E-state index contributed by atoms with van der Waals surface area (Å²) in [5, 5.41) is -0.443. The van der Waals surface area contributed by atoms with Gasteiger partial charge in [-0.05, 0) is 24.1 Å². The molecule has 0 saturated carbocycles. The van der Waals surface area contributed by atoms with Gasteiger partial charge in [0.25, 0.3) is 0 Å². The minimum Gasteiger partial charge on any atom is -0.493 e. The molecule has 122 valence electrons. The summed E-state index contributed by atoms with van der Waals surface area (Å²) in [6.45, 7) is 0.773. The van der Waals surface area contributed by atoms with E-state index >= 15 is 0 Å². The van der Waals surface area contributed by atoms with E-state index in [1.54, 1.807) is 31.3 Å². The van der Waals surface area contributed by atoms with Crippen molar-refractivity contribution >= 4 is 15.7 Å². The van der Waals surface area contributed by atoms with Crippen LogP contribution in [0, 0.1) is 0 Å². The van der Waals surface area contributed by atoms with Gasteiger partial charge in [-0.3, -0.25) is 4.79 Å². The van der Waals surface area contributed by atoms with Crippen LogP contribution in [0.1, 0.15) is 12.0 Å². The van der Waals surface area contributed by atoms with Crippen molar-refractivity contribution < 1.29 is 22.7 Å². The van der Waals surface area contributed by atoms with Gasteiger partial charge >= 0.3 is 0 Å². The number of benzene rings is 1. The maximum Gasteiger partial charge on any atom is 0.227 e. The van der Waals surface area contributed by atoms with Crippen molar-refractivity contribution in [2.45, 2.75) is 18.1 Å². The Morgan fingerprint density at radius 2 is 1.95 bits per heavy atom. The van der Waals surface area contributed by atoms with Gasteiger partial charge in [0.1, 0.15) is 0 Å². The maximum atomic E-state index is 12.3. The van der Waals surface area contributed by atoms with E-state index < -0.39 is 15.1 Å². The van der Waals surface area contributed by atoms with Crippen LogP contribution in [0.25, 0.3) is 0 Å². The van der Waals surface area contributed by atoms with Crippen LogP contribution in [0.2, 0.25) is 0 Å². The Balaban J connectivity index is 2.04. The van der Waals surface area contributed by atoms with Crippen molar-refractivity contribution in [1.29, 1.82) is 0 Å². The quantitative estimate of drug-likeness (QED) is 0.803. The second kappa shape index (κ2) is 6.56. The fourth-order valence-corrected chi connectivity index (χ4v) is 3.57. The molecule has 7 heteroatoms. The number of sulfone groups is 1. The molecule has 0 radical (unpaired) electrons. The Morgan fingerprint density at radius 3 is 2.50 bits per heavy atom. The Hall–Kier alpha value is -1.76. The highest BCUT2D eigenvalue weighted by Crippen LogP contribution is 2.28. The lowest BCUT2D eigenvalue weighted by Crippen LogP contribution is -2.32. The normalized spacial score (nSPS) is 18.3. The van der Waals surface area contributed by atoms with E-state index in [0.29, 0.717) is 24.5 Å². The number of hydrogen-bond acceptors (Lipinski definition) is 5. The third kappa shape index (κ3) is 3.71. The van der Waals surface area contributed by atoms with Gasteiger partial charge in [-0.1, -0.05) is 6.07 Å². The van der Waals surface area contributed by atoms with Crippen molar-refractivity contribution in [2.75, 3.05) is 33.6 Å². The first-order chi connectivity index (χ1) is 10.3. The maximum absolute atomic E-state index is 12.3. The first-order valence-corrected chi connectivity index (χ1v) is 8.98. The number of carbonyl (C=O) groups excluding carboxylic acids is 1. The monoisotopic (exact) mass is 327 g/mol. The Labute approximate surface area is 130 Å². The van der Waals surface area contributed by atoms with Crippen LogP contribution in [0.15, 0.2) is 18.2 Å². The van der Waals surface area contributed by atoms with Gasteiger partial charge in [-0.2, -0.15) is 0 Å². The largest absolute Gasteiger partial charge is 0.493 e. The van der Waals surface area contributed by atoms with Crippen LogP contribution in [-0.4, -0.2) is 58.0 Å². The highest BCUT2D eigenvalue weighted by Gasteiger charge is 2.32. The smallest absolute Gasteiger partial charge is 0.227 e. The van der Waals surface area contributed by atoms with Gasteiger partial charge in [0, 0.05) is 19.3 Å². The molecule has 0 aromatic heterocycles. The van der Waals surface area contributed by atoms with Crippen LogP contribution < -0.4 is 9.47 Å². The topological polar surface area (TPSA) is 72.9 Å². The number of hydrogen-bond donors (Lipinski definition) is 0. The second-order valence-electron chi connectivity index (χ2n) is 5.45. The predicted molar refractivity (Wildman–Crippen MR) is 83.1 cm³/mol. The highest BCUT2D eigenvalue weighted by atomic mass is 32.2. The lowest BCUT2D eigenvalue weighted by molar-refractivity contribution is -0.129. The highest BCUT2D eigenvalue weighted by molar-refractivity contribution is 7.91. The number of nitrogens with zero attached hydrogens (tertiary/aromatic N) is 1. The zero-order valence-electron chi connectivity index (χ0n) is 13.0. The fourth-order valence-electron chi connectivity index (χ4n) is 2.58. The molecule has 1 fully saturated rings. The molecule has 22 heavy (non-hydrogen) atoms. The summed E-state index contributed by atoms with van der Waals surface area (Å²) in [5.74, 6) is 1.11. The van der Waals surface area contributed by atoms with Gasteiger partial charge in [0.05, 0.1) is 25.9 Å². The molecule has 0 spiro atoms. The van der Waals surface area contributed by atoms with Crippen molar-refractivity contribution in [3.8, 4) is 11.5 Å². The number of amides is 1. The van der Waals surface area contributed by atoms with E-state index in [0.717, 1.165) is 5.56 Å². The summed E-state index contributed by atoms with van der Waals surface area (Å²) in [5.41, 5.74) is 0.811. The molecule has 1 aliphatic rings. The lowest BCUT2D eigenvalue weighted by atomic mass is 10.1. The Kier molecular flexibility index (Phi) is 4.95. The van der Waals surface area contributed by atoms with Crippen LogP contribution in [-0.2, 0) is 21.1 Å². The molecule has 1 aromatic carbocycles. The van der Waals surface area contributed by atoms with E-state index in [1.807, 2.05) is 6.07 Å². The van der Waals surface area contributed by atoms with Crippen LogP contribution in [0.3, 0.4) is 0 Å². The summed E-state index contributed by atoms with van der Waals surface area (Å²) in [4.78, 5) is 13.9. The first kappa shape index (κ1) is 16.6. The molecule has 6 nitrogen and oxygen atoms in total. The van der Waals surface area contributed by atoms with Crippen molar-refractivity contribution in [3.05, 3.63) is 23.8 Å². The van der Waals surface area contributed by atoms with Crippen molar-refractivity contribution in [2.24, 2.45) is 0 Å². The van der Waals surface area contributed by atoms with E-state index in [2.05, 4.69) is 0 Å². The van der Waals surface area contributed by atoms with Crippen LogP contribution >= 0.6 is 0 Å². The van der Waals surface area contributed by atoms with Gasteiger partial charge in [0.15, 0.2) is 21.3 Å².